The fourth-order valence-corrected chi connectivity index (χ4v) is 2.13. The van der Waals surface area contributed by atoms with Crippen LogP contribution < -0.4 is 4.74 Å². The van der Waals surface area contributed by atoms with Crippen LogP contribution >= 0.6 is 34.4 Å². The minimum absolute atomic E-state index is 0.454. The topological polar surface area (TPSA) is 22.1 Å². The van der Waals surface area contributed by atoms with Gasteiger partial charge in [-0.2, -0.15) is 0 Å². The molecule has 0 aromatic carbocycles. The zero-order valence-corrected chi connectivity index (χ0v) is 10.3. The highest BCUT2D eigenvalue weighted by Gasteiger charge is 2.24. The van der Waals surface area contributed by atoms with Crippen molar-refractivity contribution in [1.82, 2.24) is 4.98 Å². The van der Waals surface area contributed by atoms with Crippen LogP contribution in [-0.2, 0) is 0 Å². The second kappa shape index (κ2) is 4.04. The number of hydrogen-bond acceptors (Lipinski definition) is 3. The van der Waals surface area contributed by atoms with Gasteiger partial charge in [-0.15, -0.1) is 11.8 Å². The second-order valence-electron chi connectivity index (χ2n) is 2.97. The summed E-state index contributed by atoms with van der Waals surface area (Å²) >= 11 is 3.95. The molecule has 1 aromatic heterocycles. The predicted molar refractivity (Wildman–Crippen MR) is 62.4 cm³/mol. The zero-order chi connectivity index (χ0) is 9.26. The lowest BCUT2D eigenvalue weighted by Gasteiger charge is -2.06. The van der Waals surface area contributed by atoms with Gasteiger partial charge >= 0.3 is 0 Å². The number of thioether (sulfide) groups is 1. The molecule has 1 heterocycles. The smallest absolute Gasteiger partial charge is 0.151 e. The van der Waals surface area contributed by atoms with Crippen molar-refractivity contribution in [1.29, 1.82) is 0 Å². The first-order valence-corrected chi connectivity index (χ1v) is 6.46. The van der Waals surface area contributed by atoms with Crippen molar-refractivity contribution < 1.29 is 4.74 Å². The molecule has 0 spiro atoms. The van der Waals surface area contributed by atoms with E-state index >= 15 is 0 Å². The molecule has 0 saturated heterocycles. The number of rotatable bonds is 3. The third-order valence-corrected chi connectivity index (χ3v) is 3.31. The fraction of sp³-hybridized carbons (Fsp3) is 0.444. The fourth-order valence-electron chi connectivity index (χ4n) is 0.965. The Morgan fingerprint density at radius 2 is 2.38 bits per heavy atom. The molecule has 70 valence electrons. The van der Waals surface area contributed by atoms with Crippen LogP contribution in [0.15, 0.2) is 17.3 Å². The zero-order valence-electron chi connectivity index (χ0n) is 7.29. The highest BCUT2D eigenvalue weighted by atomic mass is 127. The lowest BCUT2D eigenvalue weighted by molar-refractivity contribution is 0.299. The number of hydrogen-bond donors (Lipinski definition) is 0. The van der Waals surface area contributed by atoms with Crippen LogP contribution in [0.4, 0.5) is 0 Å². The molecule has 0 unspecified atom stereocenters. The standard InChI is InChI=1S/C9H10INOS/c1-13-9-4-7(10)8(5-11-9)12-6-2-3-6/h4-6H,2-3H2,1H3. The summed E-state index contributed by atoms with van der Waals surface area (Å²) in [6, 6.07) is 2.06. The van der Waals surface area contributed by atoms with E-state index in [9.17, 15) is 0 Å². The van der Waals surface area contributed by atoms with Crippen molar-refractivity contribution in [3.63, 3.8) is 0 Å². The van der Waals surface area contributed by atoms with Crippen molar-refractivity contribution in [3.8, 4) is 5.75 Å². The van der Waals surface area contributed by atoms with E-state index in [4.69, 9.17) is 4.74 Å². The van der Waals surface area contributed by atoms with Gasteiger partial charge in [0.2, 0.25) is 0 Å². The lowest BCUT2D eigenvalue weighted by Crippen LogP contribution is -1.98. The highest BCUT2D eigenvalue weighted by Crippen LogP contribution is 2.30. The molecule has 2 nitrogen and oxygen atoms in total. The number of ether oxygens (including phenoxy) is 1. The van der Waals surface area contributed by atoms with E-state index < -0.39 is 0 Å². The van der Waals surface area contributed by atoms with Gasteiger partial charge in [0, 0.05) is 0 Å². The first-order valence-electron chi connectivity index (χ1n) is 4.16. The molecule has 0 amide bonds. The Morgan fingerprint density at radius 3 is 2.92 bits per heavy atom. The summed E-state index contributed by atoms with van der Waals surface area (Å²) in [5.74, 6) is 0.931. The van der Waals surface area contributed by atoms with E-state index in [1.165, 1.54) is 12.8 Å². The summed E-state index contributed by atoms with van der Waals surface area (Å²) in [6.07, 6.45) is 6.70. The van der Waals surface area contributed by atoms with E-state index in [0.29, 0.717) is 6.10 Å². The van der Waals surface area contributed by atoms with Gasteiger partial charge in [0.1, 0.15) is 0 Å². The van der Waals surface area contributed by atoms with E-state index in [0.717, 1.165) is 14.3 Å². The van der Waals surface area contributed by atoms with Crippen molar-refractivity contribution in [2.75, 3.05) is 6.26 Å². The van der Waals surface area contributed by atoms with Gasteiger partial charge in [0.05, 0.1) is 20.9 Å². The Balaban J connectivity index is 2.15. The Morgan fingerprint density at radius 1 is 1.62 bits per heavy atom. The summed E-state index contributed by atoms with van der Waals surface area (Å²) in [7, 11) is 0. The van der Waals surface area contributed by atoms with Gasteiger partial charge in [-0.1, -0.05) is 0 Å². The Kier molecular flexibility index (Phi) is 2.98. The number of halogens is 1. The van der Waals surface area contributed by atoms with Crippen LogP contribution in [-0.4, -0.2) is 17.3 Å². The number of aromatic nitrogens is 1. The molecule has 0 atom stereocenters. The lowest BCUT2D eigenvalue weighted by atomic mass is 10.5. The monoisotopic (exact) mass is 307 g/mol. The maximum atomic E-state index is 5.68. The van der Waals surface area contributed by atoms with Gasteiger partial charge in [-0.3, -0.25) is 0 Å². The van der Waals surface area contributed by atoms with E-state index in [1.54, 1.807) is 11.8 Å². The van der Waals surface area contributed by atoms with Crippen LogP contribution in [0.25, 0.3) is 0 Å². The summed E-state index contributed by atoms with van der Waals surface area (Å²) in [4.78, 5) is 4.27. The second-order valence-corrected chi connectivity index (χ2v) is 4.96. The Hall–Kier alpha value is 0.0300. The number of pyridine rings is 1. The third kappa shape index (κ3) is 2.49. The van der Waals surface area contributed by atoms with Gasteiger partial charge in [0.25, 0.3) is 0 Å². The number of nitrogens with zero attached hydrogens (tertiary/aromatic N) is 1. The Labute approximate surface area is 95.6 Å². The maximum Gasteiger partial charge on any atom is 0.151 e. The summed E-state index contributed by atoms with van der Waals surface area (Å²) < 4.78 is 6.83. The van der Waals surface area contributed by atoms with E-state index in [-0.39, 0.29) is 0 Å². The quantitative estimate of drug-likeness (QED) is 0.633. The normalized spacial score (nSPS) is 15.8. The van der Waals surface area contributed by atoms with Crippen molar-refractivity contribution in [3.05, 3.63) is 15.8 Å². The molecule has 0 radical (unpaired) electrons. The summed E-state index contributed by atoms with van der Waals surface area (Å²) in [5.41, 5.74) is 0. The molecule has 13 heavy (non-hydrogen) atoms. The van der Waals surface area contributed by atoms with Gasteiger partial charge in [-0.25, -0.2) is 4.98 Å². The summed E-state index contributed by atoms with van der Waals surface area (Å²) in [6.45, 7) is 0. The molecule has 0 N–H and O–H groups in total. The van der Waals surface area contributed by atoms with Gasteiger partial charge in [0.15, 0.2) is 5.75 Å². The average Bonchev–Trinajstić information content (AvgIpc) is 2.92. The molecule has 1 aromatic rings. The van der Waals surface area contributed by atoms with Gasteiger partial charge in [-0.05, 0) is 47.8 Å². The molecular formula is C9H10INOS. The average molecular weight is 307 g/mol. The molecule has 4 heteroatoms. The molecule has 0 bridgehead atoms. The molecule has 1 aliphatic rings. The van der Waals surface area contributed by atoms with Crippen LogP contribution in [0.2, 0.25) is 0 Å². The highest BCUT2D eigenvalue weighted by molar-refractivity contribution is 14.1. The van der Waals surface area contributed by atoms with E-state index in [1.807, 2.05) is 12.5 Å². The van der Waals surface area contributed by atoms with Crippen molar-refractivity contribution >= 4 is 34.4 Å². The first-order chi connectivity index (χ1) is 6.29. The SMILES string of the molecule is CSc1cc(I)c(OC2CC2)cn1. The van der Waals surface area contributed by atoms with E-state index in [2.05, 4.69) is 33.6 Å². The van der Waals surface area contributed by atoms with Gasteiger partial charge < -0.3 is 4.74 Å². The first kappa shape index (κ1) is 9.58. The predicted octanol–water partition coefficient (Wildman–Crippen LogP) is 2.95. The molecule has 1 fully saturated rings. The molecule has 0 aliphatic heterocycles. The van der Waals surface area contributed by atoms with Crippen LogP contribution in [0.5, 0.6) is 5.75 Å². The van der Waals surface area contributed by atoms with Crippen LogP contribution in [0.1, 0.15) is 12.8 Å². The van der Waals surface area contributed by atoms with Crippen molar-refractivity contribution in [2.45, 2.75) is 24.0 Å². The maximum absolute atomic E-state index is 5.68. The van der Waals surface area contributed by atoms with Crippen LogP contribution in [0.3, 0.4) is 0 Å². The molecule has 2 rings (SSSR count). The third-order valence-electron chi connectivity index (χ3n) is 1.82. The molecule has 1 saturated carbocycles. The molecular weight excluding hydrogens is 297 g/mol. The molecule has 1 aliphatic carbocycles. The van der Waals surface area contributed by atoms with Crippen LogP contribution in [0, 0.1) is 3.57 Å². The van der Waals surface area contributed by atoms with Crippen molar-refractivity contribution in [2.24, 2.45) is 0 Å². The minimum atomic E-state index is 0.454. The summed E-state index contributed by atoms with van der Waals surface area (Å²) in [5, 5.41) is 1.05. The minimum Gasteiger partial charge on any atom is -0.488 e. The largest absolute Gasteiger partial charge is 0.488 e. The Bertz CT molecular complexity index is 314.